The second kappa shape index (κ2) is 14.7. The first-order valence-corrected chi connectivity index (χ1v) is 21.8. The van der Waals surface area contributed by atoms with Gasteiger partial charge in [-0.05, 0) is 73.8 Å². The molecule has 0 saturated heterocycles. The molecule has 1 aliphatic rings. The Morgan fingerprint density at radius 2 is 0.806 bits per heavy atom. The van der Waals surface area contributed by atoms with Gasteiger partial charge < -0.3 is 0 Å². The Kier molecular flexibility index (Phi) is 8.58. The van der Waals surface area contributed by atoms with Gasteiger partial charge in [0.25, 0.3) is 0 Å². The summed E-state index contributed by atoms with van der Waals surface area (Å²) in [6.07, 6.45) is 0. The molecule has 9 aromatic carbocycles. The largest absolute Gasteiger partial charge is 0.208 e. The fraction of sp³-hybridized carbons (Fsp3) is 0.0172. The molecule has 0 aliphatic heterocycles. The van der Waals surface area contributed by atoms with Crippen LogP contribution in [0.15, 0.2) is 224 Å². The number of hydrogen-bond acceptors (Lipinski definition) is 4. The summed E-state index contributed by atoms with van der Waals surface area (Å²) in [5.74, 6) is 1.89. The zero-order chi connectivity index (χ0) is 41.0. The highest BCUT2D eigenvalue weighted by molar-refractivity contribution is 7.25. The number of nitrogens with zero attached hydrogens (tertiary/aromatic N) is 3. The zero-order valence-corrected chi connectivity index (χ0v) is 34.4. The van der Waals surface area contributed by atoms with Crippen LogP contribution in [0.5, 0.6) is 0 Å². The van der Waals surface area contributed by atoms with Gasteiger partial charge in [0.2, 0.25) is 0 Å². The lowest BCUT2D eigenvalue weighted by Crippen LogP contribution is -2.28. The minimum Gasteiger partial charge on any atom is -0.208 e. The van der Waals surface area contributed by atoms with E-state index in [0.29, 0.717) is 17.5 Å². The fourth-order valence-electron chi connectivity index (χ4n) is 9.61. The molecule has 62 heavy (non-hydrogen) atoms. The van der Waals surface area contributed by atoms with E-state index in [0.717, 1.165) is 33.4 Å². The minimum absolute atomic E-state index is 0.486. The molecule has 290 valence electrons. The summed E-state index contributed by atoms with van der Waals surface area (Å²) in [6, 6.07) is 80.4. The molecule has 0 spiro atoms. The third kappa shape index (κ3) is 5.83. The van der Waals surface area contributed by atoms with Gasteiger partial charge in [0.15, 0.2) is 17.5 Å². The third-order valence-corrected chi connectivity index (χ3v) is 13.6. The molecule has 1 aliphatic carbocycles. The Hall–Kier alpha value is -7.79. The Balaban J connectivity index is 1.02. The van der Waals surface area contributed by atoms with E-state index in [1.54, 1.807) is 0 Å². The van der Waals surface area contributed by atoms with Crippen molar-refractivity contribution in [2.45, 2.75) is 5.41 Å². The molecule has 12 rings (SSSR count). The average Bonchev–Trinajstić information content (AvgIpc) is 3.88. The molecule has 2 aromatic heterocycles. The van der Waals surface area contributed by atoms with Crippen molar-refractivity contribution in [3.8, 4) is 67.5 Å². The van der Waals surface area contributed by atoms with Crippen LogP contribution in [-0.2, 0) is 5.41 Å². The second-order valence-corrected chi connectivity index (χ2v) is 17.0. The molecule has 0 radical (unpaired) electrons. The summed E-state index contributed by atoms with van der Waals surface area (Å²) >= 11 is 1.84. The van der Waals surface area contributed by atoms with Gasteiger partial charge in [0.05, 0.1) is 5.41 Å². The first kappa shape index (κ1) is 36.1. The number of rotatable bonds is 7. The van der Waals surface area contributed by atoms with Crippen molar-refractivity contribution < 1.29 is 0 Å². The second-order valence-electron chi connectivity index (χ2n) is 15.9. The first-order chi connectivity index (χ1) is 30.7. The number of hydrogen-bond donors (Lipinski definition) is 0. The fourth-order valence-corrected chi connectivity index (χ4v) is 10.8. The summed E-state index contributed by atoms with van der Waals surface area (Å²) < 4.78 is 2.60. The van der Waals surface area contributed by atoms with Crippen molar-refractivity contribution in [1.82, 2.24) is 15.0 Å². The van der Waals surface area contributed by atoms with Crippen molar-refractivity contribution in [3.05, 3.63) is 247 Å². The quantitative estimate of drug-likeness (QED) is 0.161. The number of benzene rings is 9. The van der Waals surface area contributed by atoms with Crippen molar-refractivity contribution in [3.63, 3.8) is 0 Å². The van der Waals surface area contributed by atoms with E-state index in [-0.39, 0.29) is 0 Å². The maximum absolute atomic E-state index is 5.31. The molecular formula is C58H37N3S. The van der Waals surface area contributed by atoms with Crippen molar-refractivity contribution in [2.75, 3.05) is 0 Å². The molecule has 0 N–H and O–H groups in total. The molecule has 11 aromatic rings. The molecular weight excluding hydrogens is 771 g/mol. The Bertz CT molecular complexity index is 3410. The Morgan fingerprint density at radius 1 is 0.290 bits per heavy atom. The lowest BCUT2D eigenvalue weighted by molar-refractivity contribution is 0.768. The van der Waals surface area contributed by atoms with Gasteiger partial charge in [-0.15, -0.1) is 11.3 Å². The number of thiophene rings is 1. The Labute approximate surface area is 364 Å². The lowest BCUT2D eigenvalue weighted by Gasteiger charge is -2.33. The van der Waals surface area contributed by atoms with E-state index in [9.17, 15) is 0 Å². The van der Waals surface area contributed by atoms with E-state index in [1.807, 2.05) is 17.4 Å². The van der Waals surface area contributed by atoms with Gasteiger partial charge >= 0.3 is 0 Å². The van der Waals surface area contributed by atoms with E-state index in [2.05, 4.69) is 218 Å². The first-order valence-electron chi connectivity index (χ1n) is 21.0. The van der Waals surface area contributed by atoms with E-state index in [1.165, 1.54) is 59.1 Å². The van der Waals surface area contributed by atoms with Crippen molar-refractivity contribution in [2.24, 2.45) is 0 Å². The SMILES string of the molecule is c1ccc(-c2ccccc2-c2nc(-c3ccc(-c4ccc5c(c4)sc4ccccc45)cc3)nc(-c3ccc4c(c3)-c3ccccc3C4(c3ccccc3)c3ccccc3)n2)cc1. The summed E-state index contributed by atoms with van der Waals surface area (Å²) in [5, 5.41) is 2.61. The van der Waals surface area contributed by atoms with Crippen LogP contribution < -0.4 is 0 Å². The van der Waals surface area contributed by atoms with Crippen LogP contribution >= 0.6 is 11.3 Å². The normalized spacial score (nSPS) is 12.6. The van der Waals surface area contributed by atoms with Crippen molar-refractivity contribution >= 4 is 31.5 Å². The van der Waals surface area contributed by atoms with Crippen LogP contribution in [0.2, 0.25) is 0 Å². The van der Waals surface area contributed by atoms with Gasteiger partial charge in [0.1, 0.15) is 0 Å². The predicted molar refractivity (Wildman–Crippen MR) is 257 cm³/mol. The average molecular weight is 808 g/mol. The maximum Gasteiger partial charge on any atom is 0.164 e. The number of aromatic nitrogens is 3. The Morgan fingerprint density at radius 3 is 1.55 bits per heavy atom. The molecule has 4 heteroatoms. The minimum atomic E-state index is -0.486. The van der Waals surface area contributed by atoms with Crippen LogP contribution in [-0.4, -0.2) is 15.0 Å². The van der Waals surface area contributed by atoms with Crippen LogP contribution in [0.4, 0.5) is 0 Å². The van der Waals surface area contributed by atoms with Crippen LogP contribution in [0.1, 0.15) is 22.3 Å². The molecule has 0 amide bonds. The molecule has 0 unspecified atom stereocenters. The van der Waals surface area contributed by atoms with E-state index in [4.69, 9.17) is 15.0 Å². The maximum atomic E-state index is 5.31. The van der Waals surface area contributed by atoms with Crippen LogP contribution in [0.3, 0.4) is 0 Å². The molecule has 2 heterocycles. The van der Waals surface area contributed by atoms with E-state index >= 15 is 0 Å². The summed E-state index contributed by atoms with van der Waals surface area (Å²) in [4.78, 5) is 15.8. The topological polar surface area (TPSA) is 38.7 Å². The predicted octanol–water partition coefficient (Wildman–Crippen LogP) is 14.9. The highest BCUT2D eigenvalue weighted by atomic mass is 32.1. The van der Waals surface area contributed by atoms with Crippen molar-refractivity contribution in [1.29, 1.82) is 0 Å². The lowest BCUT2D eigenvalue weighted by atomic mass is 9.67. The smallest absolute Gasteiger partial charge is 0.164 e. The zero-order valence-electron chi connectivity index (χ0n) is 33.6. The van der Waals surface area contributed by atoms with E-state index < -0.39 is 5.41 Å². The molecule has 0 atom stereocenters. The van der Waals surface area contributed by atoms with Gasteiger partial charge in [0, 0.05) is 36.9 Å². The summed E-state index contributed by atoms with van der Waals surface area (Å²) in [5.41, 5.74) is 14.2. The standard InChI is InChI=1S/C58H37N3S/c1-4-16-39(17-5-1)45-22-10-11-25-49(45)57-60-55(40-30-28-38(29-31-40)41-32-34-48-47-24-13-15-27-53(47)62-54(48)37-41)59-56(61-57)42-33-35-52-50(36-42)46-23-12-14-26-51(46)58(52,43-18-6-2-7-19-43)44-20-8-3-9-21-44/h1-37H. The summed E-state index contributed by atoms with van der Waals surface area (Å²) in [7, 11) is 0. The van der Waals surface area contributed by atoms with Crippen LogP contribution in [0.25, 0.3) is 87.7 Å². The highest BCUT2D eigenvalue weighted by Crippen LogP contribution is 2.56. The van der Waals surface area contributed by atoms with Gasteiger partial charge in [-0.25, -0.2) is 15.0 Å². The monoisotopic (exact) mass is 807 g/mol. The molecule has 0 fully saturated rings. The molecule has 0 saturated carbocycles. The number of fused-ring (bicyclic) bond motifs is 6. The third-order valence-electron chi connectivity index (χ3n) is 12.5. The summed E-state index contributed by atoms with van der Waals surface area (Å²) in [6.45, 7) is 0. The van der Waals surface area contributed by atoms with Gasteiger partial charge in [-0.1, -0.05) is 206 Å². The van der Waals surface area contributed by atoms with Gasteiger partial charge in [-0.3, -0.25) is 0 Å². The molecule has 0 bridgehead atoms. The van der Waals surface area contributed by atoms with Crippen LogP contribution in [0, 0.1) is 0 Å². The molecule has 3 nitrogen and oxygen atoms in total. The highest BCUT2D eigenvalue weighted by Gasteiger charge is 2.46. The van der Waals surface area contributed by atoms with Gasteiger partial charge in [-0.2, -0.15) is 0 Å².